The Balaban J connectivity index is 0.000000164. The number of carbonyl (C=O) groups excluding carboxylic acids is 2. The summed E-state index contributed by atoms with van der Waals surface area (Å²) in [5.74, 6) is 2.41. The average molecular weight is 806 g/mol. The smallest absolute Gasteiger partial charge is 0.255 e. The zero-order valence-corrected chi connectivity index (χ0v) is 32.7. The van der Waals surface area contributed by atoms with Gasteiger partial charge in [0.2, 0.25) is 0 Å². The van der Waals surface area contributed by atoms with Gasteiger partial charge in [-0.05, 0) is 102 Å². The second-order valence-corrected chi connectivity index (χ2v) is 14.0. The zero-order chi connectivity index (χ0) is 40.2. The highest BCUT2D eigenvalue weighted by Crippen LogP contribution is 2.36. The van der Waals surface area contributed by atoms with Gasteiger partial charge in [-0.15, -0.1) is 0 Å². The fourth-order valence-electron chi connectivity index (χ4n) is 6.59. The van der Waals surface area contributed by atoms with Crippen LogP contribution >= 0.6 is 23.2 Å². The normalized spacial score (nSPS) is 10.9. The van der Waals surface area contributed by atoms with Crippen LogP contribution in [0.15, 0.2) is 146 Å². The molecule has 0 aliphatic rings. The van der Waals surface area contributed by atoms with Gasteiger partial charge in [-0.25, -0.2) is 9.97 Å². The standard InChI is InChI=1S/C25H18ClN3O2.C21H16ClN3O2/c1-31-22-12-10-15-5-2-3-8-19(15)23(22)24-28-20-11-9-16(13-21(20)29-24)25(30)27-18-7-4-6-17(26)14-18;1-27-19-8-3-2-7-16(19)20-24-17-10-9-13(11-18(17)25-20)21(26)23-15-6-4-5-14(22)12-15/h2-14H,1H3,(H,27,30)(H,28,29);2-12H,1H3,(H,23,26)(H,24,25). The monoisotopic (exact) mass is 804 g/mol. The van der Waals surface area contributed by atoms with E-state index in [1.807, 2.05) is 66.7 Å². The minimum atomic E-state index is -0.219. The van der Waals surface area contributed by atoms with Crippen LogP contribution in [0.25, 0.3) is 55.6 Å². The zero-order valence-electron chi connectivity index (χ0n) is 31.1. The number of nitrogens with one attached hydrogen (secondary N) is 4. The number of aromatic nitrogens is 4. The number of imidazole rings is 2. The number of carbonyl (C=O) groups is 2. The quantitative estimate of drug-likeness (QED) is 0.121. The molecule has 0 bridgehead atoms. The molecule has 0 atom stereocenters. The highest BCUT2D eigenvalue weighted by atomic mass is 35.5. The van der Waals surface area contributed by atoms with Crippen LogP contribution in [-0.4, -0.2) is 46.0 Å². The van der Waals surface area contributed by atoms with Gasteiger partial charge in [0.1, 0.15) is 23.1 Å². The summed E-state index contributed by atoms with van der Waals surface area (Å²) in [4.78, 5) is 41.2. The molecule has 2 aromatic heterocycles. The van der Waals surface area contributed by atoms with E-state index < -0.39 is 0 Å². The first-order valence-electron chi connectivity index (χ1n) is 18.1. The van der Waals surface area contributed by atoms with E-state index in [2.05, 4.69) is 31.7 Å². The molecule has 0 aliphatic carbocycles. The van der Waals surface area contributed by atoms with E-state index in [0.29, 0.717) is 44.2 Å². The van der Waals surface area contributed by atoms with Crippen LogP contribution in [0.5, 0.6) is 11.5 Å². The minimum Gasteiger partial charge on any atom is -0.496 e. The molecular weight excluding hydrogens is 771 g/mol. The number of methoxy groups -OCH3 is 2. The van der Waals surface area contributed by atoms with Crippen LogP contribution in [0, 0.1) is 0 Å². The van der Waals surface area contributed by atoms with Crippen molar-refractivity contribution >= 4 is 79.2 Å². The molecule has 0 saturated heterocycles. The minimum absolute atomic E-state index is 0.215. The van der Waals surface area contributed by atoms with Crippen molar-refractivity contribution in [2.24, 2.45) is 0 Å². The number of hydrogen-bond donors (Lipinski definition) is 4. The summed E-state index contributed by atoms with van der Waals surface area (Å²) in [6, 6.07) is 44.5. The van der Waals surface area contributed by atoms with Gasteiger partial charge in [0.15, 0.2) is 0 Å². The van der Waals surface area contributed by atoms with E-state index in [-0.39, 0.29) is 11.8 Å². The van der Waals surface area contributed by atoms with Gasteiger partial charge in [0.25, 0.3) is 11.8 Å². The second kappa shape index (κ2) is 16.5. The molecule has 12 heteroatoms. The number of ether oxygens (including phenoxy) is 2. The van der Waals surface area contributed by atoms with Gasteiger partial charge >= 0.3 is 0 Å². The third kappa shape index (κ3) is 8.06. The van der Waals surface area contributed by atoms with Gasteiger partial charge in [0.05, 0.1) is 47.4 Å². The largest absolute Gasteiger partial charge is 0.496 e. The molecule has 10 nitrogen and oxygen atoms in total. The molecule has 7 aromatic carbocycles. The first-order chi connectivity index (χ1) is 28.3. The molecule has 58 heavy (non-hydrogen) atoms. The Bertz CT molecular complexity index is 2980. The Morgan fingerprint density at radius 2 is 1.10 bits per heavy atom. The van der Waals surface area contributed by atoms with Crippen LogP contribution in [0.2, 0.25) is 10.0 Å². The number of fused-ring (bicyclic) bond motifs is 3. The van der Waals surface area contributed by atoms with Crippen LogP contribution < -0.4 is 20.1 Å². The Hall–Kier alpha value is -7.14. The average Bonchev–Trinajstić information content (AvgIpc) is 3.87. The maximum Gasteiger partial charge on any atom is 0.255 e. The van der Waals surface area contributed by atoms with Crippen molar-refractivity contribution in [1.29, 1.82) is 0 Å². The molecule has 0 aliphatic heterocycles. The molecular formula is C46H34Cl2N6O4. The van der Waals surface area contributed by atoms with E-state index in [0.717, 1.165) is 55.5 Å². The molecule has 286 valence electrons. The number of halogens is 2. The number of amides is 2. The van der Waals surface area contributed by atoms with Crippen LogP contribution in [0.1, 0.15) is 20.7 Å². The lowest BCUT2D eigenvalue weighted by molar-refractivity contribution is 0.101. The summed E-state index contributed by atoms with van der Waals surface area (Å²) in [6.07, 6.45) is 0. The summed E-state index contributed by atoms with van der Waals surface area (Å²) >= 11 is 12.0. The Morgan fingerprint density at radius 3 is 1.71 bits per heavy atom. The van der Waals surface area contributed by atoms with E-state index in [1.54, 1.807) is 87.0 Å². The molecule has 0 radical (unpaired) electrons. The fourth-order valence-corrected chi connectivity index (χ4v) is 6.97. The second-order valence-electron chi connectivity index (χ2n) is 13.1. The third-order valence-corrected chi connectivity index (χ3v) is 9.83. The first kappa shape index (κ1) is 37.8. The number of aromatic amines is 2. The number of rotatable bonds is 8. The number of H-pyrrole nitrogens is 2. The van der Waals surface area contributed by atoms with Crippen LogP contribution in [0.3, 0.4) is 0 Å². The molecule has 9 aromatic rings. The summed E-state index contributed by atoms with van der Waals surface area (Å²) in [7, 11) is 3.27. The summed E-state index contributed by atoms with van der Waals surface area (Å²) in [5.41, 5.74) is 7.17. The van der Waals surface area contributed by atoms with Crippen molar-refractivity contribution in [1.82, 2.24) is 19.9 Å². The lowest BCUT2D eigenvalue weighted by Gasteiger charge is -2.10. The van der Waals surface area contributed by atoms with Crippen LogP contribution in [-0.2, 0) is 0 Å². The van der Waals surface area contributed by atoms with Gasteiger partial charge < -0.3 is 30.1 Å². The van der Waals surface area contributed by atoms with Crippen molar-refractivity contribution in [2.45, 2.75) is 0 Å². The number of anilines is 2. The van der Waals surface area contributed by atoms with Crippen molar-refractivity contribution < 1.29 is 19.1 Å². The topological polar surface area (TPSA) is 134 Å². The lowest BCUT2D eigenvalue weighted by Crippen LogP contribution is -2.11. The molecule has 0 fully saturated rings. The maximum absolute atomic E-state index is 12.7. The lowest BCUT2D eigenvalue weighted by atomic mass is 10.0. The van der Waals surface area contributed by atoms with Gasteiger partial charge in [-0.1, -0.05) is 77.8 Å². The van der Waals surface area contributed by atoms with E-state index in [1.165, 1.54) is 0 Å². The fraction of sp³-hybridized carbons (Fsp3) is 0.0435. The Labute approximate surface area is 342 Å². The Morgan fingerprint density at radius 1 is 0.552 bits per heavy atom. The first-order valence-corrected chi connectivity index (χ1v) is 18.8. The summed E-state index contributed by atoms with van der Waals surface area (Å²) in [6.45, 7) is 0. The Kier molecular flexibility index (Phi) is 10.8. The molecule has 9 rings (SSSR count). The number of hydrogen-bond acceptors (Lipinski definition) is 6. The molecule has 2 amide bonds. The molecule has 0 saturated carbocycles. The van der Waals surface area contributed by atoms with Crippen molar-refractivity contribution in [3.63, 3.8) is 0 Å². The third-order valence-electron chi connectivity index (χ3n) is 9.36. The van der Waals surface area contributed by atoms with Gasteiger partial charge in [-0.3, -0.25) is 9.59 Å². The summed E-state index contributed by atoms with van der Waals surface area (Å²) in [5, 5.41) is 8.98. The van der Waals surface area contributed by atoms with Crippen molar-refractivity contribution in [2.75, 3.05) is 24.9 Å². The van der Waals surface area contributed by atoms with Crippen LogP contribution in [0.4, 0.5) is 11.4 Å². The number of nitrogens with zero attached hydrogens (tertiary/aromatic N) is 2. The van der Waals surface area contributed by atoms with E-state index in [9.17, 15) is 9.59 Å². The number of para-hydroxylation sites is 1. The molecule has 2 heterocycles. The predicted molar refractivity (Wildman–Crippen MR) is 232 cm³/mol. The summed E-state index contributed by atoms with van der Waals surface area (Å²) < 4.78 is 11.0. The van der Waals surface area contributed by atoms with E-state index >= 15 is 0 Å². The van der Waals surface area contributed by atoms with Gasteiger partial charge in [0, 0.05) is 32.5 Å². The maximum atomic E-state index is 12.7. The van der Waals surface area contributed by atoms with E-state index in [4.69, 9.17) is 37.7 Å². The SMILES string of the molecule is COc1ccc2ccccc2c1-c1nc2ccc(C(=O)Nc3cccc(Cl)c3)cc2[nH]1.COc1ccccc1-c1nc2ccc(C(=O)Nc3cccc(Cl)c3)cc2[nH]1. The molecule has 4 N–H and O–H groups in total. The van der Waals surface area contributed by atoms with Crippen molar-refractivity contribution in [3.8, 4) is 34.3 Å². The highest BCUT2D eigenvalue weighted by Gasteiger charge is 2.17. The number of benzene rings is 7. The van der Waals surface area contributed by atoms with Gasteiger partial charge in [-0.2, -0.15) is 0 Å². The molecule has 0 unspecified atom stereocenters. The predicted octanol–water partition coefficient (Wildman–Crippen LogP) is 11.4. The molecule has 0 spiro atoms. The highest BCUT2D eigenvalue weighted by molar-refractivity contribution is 6.31. The van der Waals surface area contributed by atoms with Crippen molar-refractivity contribution in [3.05, 3.63) is 167 Å².